The normalized spacial score (nSPS) is 17.7. The fraction of sp³-hybridized carbons (Fsp3) is 0.833. The molecular formula is C12H22N4. The van der Waals surface area contributed by atoms with Crippen LogP contribution in [0.25, 0.3) is 0 Å². The van der Waals surface area contributed by atoms with Crippen molar-refractivity contribution in [3.8, 4) is 0 Å². The predicted molar refractivity (Wildman–Crippen MR) is 64.1 cm³/mol. The fourth-order valence-corrected chi connectivity index (χ4v) is 1.97. The van der Waals surface area contributed by atoms with Crippen molar-refractivity contribution < 1.29 is 0 Å². The van der Waals surface area contributed by atoms with Crippen molar-refractivity contribution >= 4 is 0 Å². The number of hydrogen-bond acceptors (Lipinski definition) is 3. The van der Waals surface area contributed by atoms with Crippen molar-refractivity contribution in [3.63, 3.8) is 0 Å². The minimum absolute atomic E-state index is 0.654. The summed E-state index contributed by atoms with van der Waals surface area (Å²) in [4.78, 5) is 4.62. The van der Waals surface area contributed by atoms with Crippen molar-refractivity contribution in [2.24, 2.45) is 18.7 Å². The van der Waals surface area contributed by atoms with Gasteiger partial charge in [-0.1, -0.05) is 6.92 Å². The molecule has 0 amide bonds. The first-order chi connectivity index (χ1) is 7.70. The molecule has 2 rings (SSSR count). The smallest absolute Gasteiger partial charge is 0.154 e. The maximum atomic E-state index is 5.55. The van der Waals surface area contributed by atoms with Crippen molar-refractivity contribution in [1.82, 2.24) is 14.8 Å². The highest BCUT2D eigenvalue weighted by Crippen LogP contribution is 2.38. The Morgan fingerprint density at radius 1 is 1.44 bits per heavy atom. The molecule has 1 unspecified atom stereocenters. The molecule has 1 saturated carbocycles. The van der Waals surface area contributed by atoms with E-state index in [1.807, 2.05) is 11.7 Å². The lowest BCUT2D eigenvalue weighted by Crippen LogP contribution is -2.08. The molecule has 90 valence electrons. The van der Waals surface area contributed by atoms with Gasteiger partial charge in [0.15, 0.2) is 5.82 Å². The van der Waals surface area contributed by atoms with Crippen LogP contribution in [0, 0.1) is 5.92 Å². The van der Waals surface area contributed by atoms with E-state index < -0.39 is 0 Å². The SMILES string of the molecule is CC(CCN)CCc1nc(C2CC2)nn1C. The Morgan fingerprint density at radius 2 is 2.19 bits per heavy atom. The summed E-state index contributed by atoms with van der Waals surface area (Å²) in [5.74, 6) is 3.53. The summed E-state index contributed by atoms with van der Waals surface area (Å²) in [5.41, 5.74) is 5.55. The lowest BCUT2D eigenvalue weighted by molar-refractivity contribution is 0.487. The Hall–Kier alpha value is -0.900. The van der Waals surface area contributed by atoms with Crippen LogP contribution in [0.3, 0.4) is 0 Å². The van der Waals surface area contributed by atoms with Gasteiger partial charge in [0.2, 0.25) is 0 Å². The molecule has 2 N–H and O–H groups in total. The van der Waals surface area contributed by atoms with Crippen LogP contribution in [0.5, 0.6) is 0 Å². The van der Waals surface area contributed by atoms with Gasteiger partial charge < -0.3 is 5.73 Å². The lowest BCUT2D eigenvalue weighted by Gasteiger charge is -2.08. The molecule has 0 saturated heterocycles. The molecule has 0 bridgehead atoms. The molecule has 1 aliphatic carbocycles. The highest BCUT2D eigenvalue weighted by atomic mass is 15.3. The first-order valence-electron chi connectivity index (χ1n) is 6.30. The van der Waals surface area contributed by atoms with Gasteiger partial charge in [-0.05, 0) is 38.1 Å². The van der Waals surface area contributed by atoms with E-state index in [1.54, 1.807) is 0 Å². The van der Waals surface area contributed by atoms with E-state index in [1.165, 1.54) is 12.8 Å². The largest absolute Gasteiger partial charge is 0.330 e. The number of rotatable bonds is 6. The fourth-order valence-electron chi connectivity index (χ4n) is 1.97. The van der Waals surface area contributed by atoms with Crippen LogP contribution >= 0.6 is 0 Å². The standard InChI is InChI=1S/C12H22N4/c1-9(7-8-13)3-6-11-14-12(10-4-5-10)15-16(11)2/h9-10H,3-8,13H2,1-2H3. The van der Waals surface area contributed by atoms with Crippen LogP contribution in [0.1, 0.15) is 50.2 Å². The van der Waals surface area contributed by atoms with Gasteiger partial charge in [-0.3, -0.25) is 4.68 Å². The zero-order valence-electron chi connectivity index (χ0n) is 10.3. The van der Waals surface area contributed by atoms with E-state index in [4.69, 9.17) is 5.73 Å². The van der Waals surface area contributed by atoms with E-state index in [0.717, 1.165) is 37.5 Å². The summed E-state index contributed by atoms with van der Waals surface area (Å²) in [6, 6.07) is 0. The molecule has 4 nitrogen and oxygen atoms in total. The maximum Gasteiger partial charge on any atom is 0.154 e. The Balaban J connectivity index is 1.88. The van der Waals surface area contributed by atoms with Crippen LogP contribution in [0.15, 0.2) is 0 Å². The average Bonchev–Trinajstić information content (AvgIpc) is 3.02. The topological polar surface area (TPSA) is 56.7 Å². The molecular weight excluding hydrogens is 200 g/mol. The number of aryl methyl sites for hydroxylation is 2. The molecule has 16 heavy (non-hydrogen) atoms. The van der Waals surface area contributed by atoms with Gasteiger partial charge >= 0.3 is 0 Å². The molecule has 1 aromatic rings. The van der Waals surface area contributed by atoms with Crippen molar-refractivity contribution in [3.05, 3.63) is 11.6 Å². The first-order valence-corrected chi connectivity index (χ1v) is 6.30. The Kier molecular flexibility index (Phi) is 3.59. The van der Waals surface area contributed by atoms with E-state index >= 15 is 0 Å². The summed E-state index contributed by atoms with van der Waals surface area (Å²) in [6.07, 6.45) is 5.83. The van der Waals surface area contributed by atoms with Gasteiger partial charge in [0.05, 0.1) is 0 Å². The third-order valence-electron chi connectivity index (χ3n) is 3.33. The molecule has 1 heterocycles. The lowest BCUT2D eigenvalue weighted by atomic mass is 10.0. The molecule has 1 atom stereocenters. The minimum Gasteiger partial charge on any atom is -0.330 e. The van der Waals surface area contributed by atoms with E-state index in [9.17, 15) is 0 Å². The number of nitrogens with zero attached hydrogens (tertiary/aromatic N) is 3. The quantitative estimate of drug-likeness (QED) is 0.795. The summed E-state index contributed by atoms with van der Waals surface area (Å²) in [6.45, 7) is 3.04. The van der Waals surface area contributed by atoms with Crippen LogP contribution < -0.4 is 5.73 Å². The zero-order chi connectivity index (χ0) is 11.5. The third kappa shape index (κ3) is 2.82. The van der Waals surface area contributed by atoms with Crippen molar-refractivity contribution in [2.75, 3.05) is 6.54 Å². The first kappa shape index (κ1) is 11.6. The number of aromatic nitrogens is 3. The highest BCUT2D eigenvalue weighted by molar-refractivity contribution is 5.06. The average molecular weight is 222 g/mol. The maximum absolute atomic E-state index is 5.55. The number of hydrogen-bond donors (Lipinski definition) is 1. The zero-order valence-corrected chi connectivity index (χ0v) is 10.3. The Bertz CT molecular complexity index is 341. The van der Waals surface area contributed by atoms with Crippen molar-refractivity contribution in [1.29, 1.82) is 0 Å². The second-order valence-corrected chi connectivity index (χ2v) is 5.01. The van der Waals surface area contributed by atoms with E-state index in [0.29, 0.717) is 11.8 Å². The summed E-state index contributed by atoms with van der Waals surface area (Å²) < 4.78 is 1.95. The summed E-state index contributed by atoms with van der Waals surface area (Å²) in [7, 11) is 2.00. The van der Waals surface area contributed by atoms with Crippen LogP contribution in [-0.2, 0) is 13.5 Å². The van der Waals surface area contributed by atoms with Gasteiger partial charge in [0, 0.05) is 19.4 Å². The van der Waals surface area contributed by atoms with Gasteiger partial charge in [0.1, 0.15) is 5.82 Å². The molecule has 0 spiro atoms. The molecule has 1 aromatic heterocycles. The van der Waals surface area contributed by atoms with Gasteiger partial charge in [-0.15, -0.1) is 0 Å². The molecule has 4 heteroatoms. The Labute approximate surface area is 97.2 Å². The molecule has 0 radical (unpaired) electrons. The highest BCUT2D eigenvalue weighted by Gasteiger charge is 2.28. The second-order valence-electron chi connectivity index (χ2n) is 5.01. The van der Waals surface area contributed by atoms with Crippen molar-refractivity contribution in [2.45, 2.75) is 44.9 Å². The van der Waals surface area contributed by atoms with Gasteiger partial charge in [0.25, 0.3) is 0 Å². The minimum atomic E-state index is 0.654. The van der Waals surface area contributed by atoms with Crippen LogP contribution in [0.2, 0.25) is 0 Å². The molecule has 1 aliphatic rings. The number of nitrogens with two attached hydrogens (primary N) is 1. The second kappa shape index (κ2) is 4.95. The Morgan fingerprint density at radius 3 is 2.81 bits per heavy atom. The molecule has 1 fully saturated rings. The molecule has 0 aliphatic heterocycles. The van der Waals surface area contributed by atoms with E-state index in [2.05, 4.69) is 17.0 Å². The van der Waals surface area contributed by atoms with Gasteiger partial charge in [-0.25, -0.2) is 4.98 Å². The predicted octanol–water partition coefficient (Wildman–Crippen LogP) is 1.61. The monoisotopic (exact) mass is 222 g/mol. The van der Waals surface area contributed by atoms with Crippen LogP contribution in [-0.4, -0.2) is 21.3 Å². The van der Waals surface area contributed by atoms with E-state index in [-0.39, 0.29) is 0 Å². The third-order valence-corrected chi connectivity index (χ3v) is 3.33. The summed E-state index contributed by atoms with van der Waals surface area (Å²) >= 11 is 0. The van der Waals surface area contributed by atoms with Crippen LogP contribution in [0.4, 0.5) is 0 Å². The van der Waals surface area contributed by atoms with Gasteiger partial charge in [-0.2, -0.15) is 5.10 Å². The summed E-state index contributed by atoms with van der Waals surface area (Å²) in [5, 5.41) is 4.48. The molecule has 0 aromatic carbocycles.